The van der Waals surface area contributed by atoms with Gasteiger partial charge in [0.05, 0.1) is 27.2 Å². The SMILES string of the molecule is Cc1nc(C)c(C(=O)C2=C(O)C(=O)N(c3ccc4c(c3)OCCO4)C2c2ccc(N(C)C)cc2)s1. The number of carbonyl (C=O) groups is 2. The van der Waals surface area contributed by atoms with Crippen LogP contribution in [0.4, 0.5) is 11.4 Å². The Balaban J connectivity index is 1.65. The van der Waals surface area contributed by atoms with Gasteiger partial charge in [-0.1, -0.05) is 12.1 Å². The summed E-state index contributed by atoms with van der Waals surface area (Å²) in [5.74, 6) is -0.512. The molecule has 1 amide bonds. The molecule has 0 aliphatic carbocycles. The lowest BCUT2D eigenvalue weighted by atomic mass is 9.94. The summed E-state index contributed by atoms with van der Waals surface area (Å²) >= 11 is 1.25. The smallest absolute Gasteiger partial charge is 0.294 e. The minimum absolute atomic E-state index is 0.0363. The Labute approximate surface area is 207 Å². The number of hydrogen-bond acceptors (Lipinski definition) is 8. The number of carbonyl (C=O) groups excluding carboxylic acids is 2. The zero-order valence-electron chi connectivity index (χ0n) is 19.9. The van der Waals surface area contributed by atoms with Crippen molar-refractivity contribution in [1.82, 2.24) is 4.98 Å². The minimum Gasteiger partial charge on any atom is -0.503 e. The summed E-state index contributed by atoms with van der Waals surface area (Å²) in [6.45, 7) is 4.42. The standard InChI is InChI=1S/C26H25N3O5S/c1-14-25(35-15(2)27-14)23(30)21-22(16-5-7-17(8-6-16)28(3)4)29(26(32)24(21)31)18-9-10-19-20(13-18)34-12-11-33-19/h5-10,13,22,31H,11-12H2,1-4H3. The number of aliphatic hydroxyl groups is 1. The van der Waals surface area contributed by atoms with Gasteiger partial charge in [-0.05, 0) is 43.7 Å². The number of fused-ring (bicyclic) bond motifs is 1. The first-order valence-corrected chi connectivity index (χ1v) is 12.0. The first-order chi connectivity index (χ1) is 16.8. The van der Waals surface area contributed by atoms with Crippen molar-refractivity contribution in [2.75, 3.05) is 37.1 Å². The molecular weight excluding hydrogens is 466 g/mol. The Morgan fingerprint density at radius 2 is 1.77 bits per heavy atom. The summed E-state index contributed by atoms with van der Waals surface area (Å²) in [4.78, 5) is 35.3. The molecule has 0 spiro atoms. The van der Waals surface area contributed by atoms with E-state index >= 15 is 0 Å². The van der Waals surface area contributed by atoms with Gasteiger partial charge in [0.2, 0.25) is 5.78 Å². The molecule has 0 bridgehead atoms. The first-order valence-electron chi connectivity index (χ1n) is 11.2. The Bertz CT molecular complexity index is 1360. The predicted molar refractivity (Wildman–Crippen MR) is 134 cm³/mol. The molecular formula is C26H25N3O5S. The Kier molecular flexibility index (Phi) is 5.72. The fraction of sp³-hybridized carbons (Fsp3) is 0.269. The van der Waals surface area contributed by atoms with Gasteiger partial charge in [0.1, 0.15) is 13.2 Å². The van der Waals surface area contributed by atoms with Crippen molar-refractivity contribution in [3.63, 3.8) is 0 Å². The fourth-order valence-electron chi connectivity index (χ4n) is 4.42. The van der Waals surface area contributed by atoms with Crippen LogP contribution in [0.5, 0.6) is 11.5 Å². The zero-order valence-corrected chi connectivity index (χ0v) is 20.7. The number of aryl methyl sites for hydroxylation is 2. The van der Waals surface area contributed by atoms with E-state index < -0.39 is 23.5 Å². The van der Waals surface area contributed by atoms with Crippen molar-refractivity contribution >= 4 is 34.4 Å². The van der Waals surface area contributed by atoms with E-state index in [4.69, 9.17) is 9.47 Å². The Morgan fingerprint density at radius 1 is 1.09 bits per heavy atom. The van der Waals surface area contributed by atoms with E-state index in [2.05, 4.69) is 4.98 Å². The van der Waals surface area contributed by atoms with Crippen molar-refractivity contribution in [2.24, 2.45) is 0 Å². The number of anilines is 2. The molecule has 1 aromatic heterocycles. The molecule has 3 aromatic rings. The van der Waals surface area contributed by atoms with E-state index in [1.807, 2.05) is 50.2 Å². The van der Waals surface area contributed by atoms with E-state index in [-0.39, 0.29) is 5.57 Å². The van der Waals surface area contributed by atoms with Crippen LogP contribution in [0.2, 0.25) is 0 Å². The van der Waals surface area contributed by atoms with Crippen molar-refractivity contribution in [3.05, 3.63) is 74.9 Å². The Morgan fingerprint density at radius 3 is 2.40 bits per heavy atom. The summed E-state index contributed by atoms with van der Waals surface area (Å²) in [5.41, 5.74) is 2.77. The van der Waals surface area contributed by atoms with Crippen LogP contribution in [0, 0.1) is 13.8 Å². The average Bonchev–Trinajstić information content (AvgIpc) is 3.33. The van der Waals surface area contributed by atoms with Gasteiger partial charge in [-0.2, -0.15) is 0 Å². The number of Topliss-reactive ketones (excluding diaryl/α,β-unsaturated/α-hetero) is 1. The summed E-state index contributed by atoms with van der Waals surface area (Å²) in [5, 5.41) is 11.8. The van der Waals surface area contributed by atoms with Gasteiger partial charge in [-0.25, -0.2) is 4.98 Å². The monoisotopic (exact) mass is 491 g/mol. The number of aromatic nitrogens is 1. The minimum atomic E-state index is -0.824. The van der Waals surface area contributed by atoms with E-state index in [0.29, 0.717) is 46.5 Å². The van der Waals surface area contributed by atoms with Crippen LogP contribution >= 0.6 is 11.3 Å². The summed E-state index contributed by atoms with van der Waals surface area (Å²) < 4.78 is 11.3. The topological polar surface area (TPSA) is 92.2 Å². The van der Waals surface area contributed by atoms with Crippen LogP contribution in [0.1, 0.15) is 32.0 Å². The molecule has 9 heteroatoms. The van der Waals surface area contributed by atoms with Crippen LogP contribution in [0.15, 0.2) is 53.8 Å². The third kappa shape index (κ3) is 3.91. The summed E-state index contributed by atoms with van der Waals surface area (Å²) in [6, 6.07) is 11.9. The molecule has 2 aliphatic heterocycles. The van der Waals surface area contributed by atoms with Crippen LogP contribution in [-0.2, 0) is 4.79 Å². The Hall–Kier alpha value is -3.85. The van der Waals surface area contributed by atoms with E-state index in [0.717, 1.165) is 10.7 Å². The maximum Gasteiger partial charge on any atom is 0.294 e. The molecule has 1 atom stereocenters. The number of rotatable bonds is 5. The second-order valence-electron chi connectivity index (χ2n) is 8.63. The van der Waals surface area contributed by atoms with E-state index in [1.165, 1.54) is 16.2 Å². The maximum atomic E-state index is 13.7. The average molecular weight is 492 g/mol. The van der Waals surface area contributed by atoms with Gasteiger partial charge in [0.15, 0.2) is 17.3 Å². The van der Waals surface area contributed by atoms with Gasteiger partial charge >= 0.3 is 0 Å². The first kappa shape index (κ1) is 22.9. The van der Waals surface area contributed by atoms with Gasteiger partial charge in [0, 0.05) is 31.5 Å². The normalized spacial score (nSPS) is 17.2. The number of ether oxygens (including phenoxy) is 2. The molecule has 3 heterocycles. The molecule has 5 rings (SSSR count). The molecule has 8 nitrogen and oxygen atoms in total. The van der Waals surface area contributed by atoms with Crippen molar-refractivity contribution in [1.29, 1.82) is 0 Å². The predicted octanol–water partition coefficient (Wildman–Crippen LogP) is 4.38. The number of thiazole rings is 1. The molecule has 35 heavy (non-hydrogen) atoms. The second-order valence-corrected chi connectivity index (χ2v) is 9.83. The summed E-state index contributed by atoms with van der Waals surface area (Å²) in [7, 11) is 3.87. The highest BCUT2D eigenvalue weighted by atomic mass is 32.1. The van der Waals surface area contributed by atoms with Crippen molar-refractivity contribution < 1.29 is 24.2 Å². The number of nitrogens with zero attached hydrogens (tertiary/aromatic N) is 3. The van der Waals surface area contributed by atoms with Gasteiger partial charge < -0.3 is 19.5 Å². The van der Waals surface area contributed by atoms with Gasteiger partial charge in [-0.15, -0.1) is 11.3 Å². The fourth-order valence-corrected chi connectivity index (χ4v) is 5.29. The van der Waals surface area contributed by atoms with Crippen molar-refractivity contribution in [3.8, 4) is 11.5 Å². The largest absolute Gasteiger partial charge is 0.503 e. The molecule has 1 N–H and O–H groups in total. The van der Waals surface area contributed by atoms with Crippen molar-refractivity contribution in [2.45, 2.75) is 19.9 Å². The molecule has 0 radical (unpaired) electrons. The number of amides is 1. The van der Waals surface area contributed by atoms with E-state index in [9.17, 15) is 14.7 Å². The number of ketones is 1. The zero-order chi connectivity index (χ0) is 24.9. The van der Waals surface area contributed by atoms with Crippen LogP contribution in [-0.4, -0.2) is 49.1 Å². The molecule has 2 aromatic carbocycles. The highest BCUT2D eigenvalue weighted by Gasteiger charge is 2.45. The third-order valence-corrected chi connectivity index (χ3v) is 7.16. The van der Waals surface area contributed by atoms with Crippen LogP contribution in [0.25, 0.3) is 0 Å². The molecule has 180 valence electrons. The quantitative estimate of drug-likeness (QED) is 0.530. The molecule has 0 saturated heterocycles. The van der Waals surface area contributed by atoms with Gasteiger partial charge in [0.25, 0.3) is 5.91 Å². The van der Waals surface area contributed by atoms with Gasteiger partial charge in [-0.3, -0.25) is 14.5 Å². The van der Waals surface area contributed by atoms with Crippen LogP contribution < -0.4 is 19.3 Å². The number of benzene rings is 2. The highest BCUT2D eigenvalue weighted by Crippen LogP contribution is 2.45. The number of aliphatic hydroxyl groups excluding tert-OH is 1. The second kappa shape index (κ2) is 8.74. The third-order valence-electron chi connectivity index (χ3n) is 6.09. The molecule has 0 fully saturated rings. The maximum absolute atomic E-state index is 13.7. The summed E-state index contributed by atoms with van der Waals surface area (Å²) in [6.07, 6.45) is 0. The molecule has 2 aliphatic rings. The highest BCUT2D eigenvalue weighted by molar-refractivity contribution is 7.14. The lowest BCUT2D eigenvalue weighted by molar-refractivity contribution is -0.117. The van der Waals surface area contributed by atoms with Crippen LogP contribution in [0.3, 0.4) is 0 Å². The number of hydrogen-bond donors (Lipinski definition) is 1. The lowest BCUT2D eigenvalue weighted by Gasteiger charge is -2.28. The molecule has 0 saturated carbocycles. The van der Waals surface area contributed by atoms with E-state index in [1.54, 1.807) is 25.1 Å². The lowest BCUT2D eigenvalue weighted by Crippen LogP contribution is -2.31. The molecule has 1 unspecified atom stereocenters.